The Hall–Kier alpha value is -2.15. The second-order valence-corrected chi connectivity index (χ2v) is 7.21. The van der Waals surface area contributed by atoms with E-state index in [9.17, 15) is 14.0 Å². The third-order valence-corrected chi connectivity index (χ3v) is 5.49. The molecule has 2 heterocycles. The molecule has 1 aromatic rings. The van der Waals surface area contributed by atoms with Crippen molar-refractivity contribution in [1.29, 1.82) is 0 Å². The highest BCUT2D eigenvalue weighted by Crippen LogP contribution is 2.23. The first kappa shape index (κ1) is 18.6. The SMILES string of the molecule is CC1NCCN(C(=O)C2CCCN(C(=O)Nc3ccccc3F)C2)C1C. The summed E-state index contributed by atoms with van der Waals surface area (Å²) in [4.78, 5) is 29.0. The predicted octanol–water partition coefficient (Wildman–Crippen LogP) is 2.28. The number of benzene rings is 1. The van der Waals surface area contributed by atoms with Gasteiger partial charge in [-0.3, -0.25) is 4.79 Å². The molecule has 2 saturated heterocycles. The maximum absolute atomic E-state index is 13.7. The fraction of sp³-hybridized carbons (Fsp3) is 0.579. The minimum atomic E-state index is -0.464. The molecule has 3 atom stereocenters. The Kier molecular flexibility index (Phi) is 5.76. The van der Waals surface area contributed by atoms with Crippen LogP contribution < -0.4 is 10.6 Å². The van der Waals surface area contributed by atoms with Crippen LogP contribution in [0.5, 0.6) is 0 Å². The number of hydrogen-bond acceptors (Lipinski definition) is 3. The minimum Gasteiger partial charge on any atom is -0.337 e. The number of anilines is 1. The van der Waals surface area contributed by atoms with Gasteiger partial charge in [-0.25, -0.2) is 9.18 Å². The largest absolute Gasteiger partial charge is 0.337 e. The van der Waals surface area contributed by atoms with E-state index < -0.39 is 5.82 Å². The van der Waals surface area contributed by atoms with Crippen LogP contribution >= 0.6 is 0 Å². The summed E-state index contributed by atoms with van der Waals surface area (Å²) in [5, 5.41) is 5.99. The zero-order valence-corrected chi connectivity index (χ0v) is 15.4. The van der Waals surface area contributed by atoms with E-state index in [1.54, 1.807) is 17.0 Å². The van der Waals surface area contributed by atoms with Crippen molar-refractivity contribution in [2.24, 2.45) is 5.92 Å². The zero-order valence-electron chi connectivity index (χ0n) is 15.4. The van der Waals surface area contributed by atoms with Gasteiger partial charge in [-0.1, -0.05) is 12.1 Å². The number of likely N-dealkylation sites (tertiary alicyclic amines) is 1. The summed E-state index contributed by atoms with van der Waals surface area (Å²) in [7, 11) is 0. The lowest BCUT2D eigenvalue weighted by Gasteiger charge is -2.42. The van der Waals surface area contributed by atoms with Gasteiger partial charge in [0.15, 0.2) is 0 Å². The van der Waals surface area contributed by atoms with Crippen LogP contribution in [0.3, 0.4) is 0 Å². The first-order valence-electron chi connectivity index (χ1n) is 9.31. The molecular weight excluding hydrogens is 335 g/mol. The van der Waals surface area contributed by atoms with Crippen LogP contribution in [0.4, 0.5) is 14.9 Å². The summed E-state index contributed by atoms with van der Waals surface area (Å²) in [5.74, 6) is -0.536. The first-order valence-corrected chi connectivity index (χ1v) is 9.31. The Morgan fingerprint density at radius 2 is 2.00 bits per heavy atom. The molecule has 3 amide bonds. The molecular formula is C19H27FN4O2. The summed E-state index contributed by atoms with van der Waals surface area (Å²) in [6.07, 6.45) is 1.56. The lowest BCUT2D eigenvalue weighted by Crippen LogP contribution is -2.59. The van der Waals surface area contributed by atoms with Gasteiger partial charge in [-0.15, -0.1) is 0 Å². The molecule has 0 aliphatic carbocycles. The normalized spacial score (nSPS) is 26.5. The standard InChI is InChI=1S/C19H27FN4O2/c1-13-14(2)24(11-9-21-13)18(25)15-6-5-10-23(12-15)19(26)22-17-8-4-3-7-16(17)20/h3-4,7-8,13-15,21H,5-6,9-12H2,1-2H3,(H,22,26). The molecule has 2 N–H and O–H groups in total. The van der Waals surface area contributed by atoms with E-state index in [1.165, 1.54) is 12.1 Å². The second kappa shape index (κ2) is 8.03. The van der Waals surface area contributed by atoms with E-state index in [1.807, 2.05) is 4.90 Å². The van der Waals surface area contributed by atoms with Gasteiger partial charge in [-0.05, 0) is 38.8 Å². The van der Waals surface area contributed by atoms with Crippen LogP contribution in [0.15, 0.2) is 24.3 Å². The van der Waals surface area contributed by atoms with E-state index >= 15 is 0 Å². The molecule has 0 bridgehead atoms. The number of hydrogen-bond donors (Lipinski definition) is 2. The second-order valence-electron chi connectivity index (χ2n) is 7.21. The number of piperidine rings is 1. The minimum absolute atomic E-state index is 0.120. The Labute approximate surface area is 153 Å². The fourth-order valence-electron chi connectivity index (χ4n) is 3.72. The van der Waals surface area contributed by atoms with Gasteiger partial charge in [-0.2, -0.15) is 0 Å². The molecule has 1 aromatic carbocycles. The number of urea groups is 1. The monoisotopic (exact) mass is 362 g/mol. The van der Waals surface area contributed by atoms with Crippen LogP contribution in [-0.2, 0) is 4.79 Å². The van der Waals surface area contributed by atoms with Crippen molar-refractivity contribution in [2.45, 2.75) is 38.8 Å². The summed E-state index contributed by atoms with van der Waals surface area (Å²) in [6.45, 7) is 6.59. The van der Waals surface area contributed by atoms with Crippen LogP contribution in [0.2, 0.25) is 0 Å². The first-order chi connectivity index (χ1) is 12.5. The Morgan fingerprint density at radius 1 is 1.23 bits per heavy atom. The van der Waals surface area contributed by atoms with E-state index in [0.717, 1.165) is 19.4 Å². The number of carbonyl (C=O) groups is 2. The maximum atomic E-state index is 13.7. The van der Waals surface area contributed by atoms with Crippen molar-refractivity contribution in [3.05, 3.63) is 30.1 Å². The lowest BCUT2D eigenvalue weighted by atomic mass is 9.94. The van der Waals surface area contributed by atoms with Crippen molar-refractivity contribution in [1.82, 2.24) is 15.1 Å². The fourth-order valence-corrected chi connectivity index (χ4v) is 3.72. The van der Waals surface area contributed by atoms with E-state index in [0.29, 0.717) is 19.6 Å². The molecule has 142 valence electrons. The molecule has 0 radical (unpaired) electrons. The average molecular weight is 362 g/mol. The van der Waals surface area contributed by atoms with Gasteiger partial charge < -0.3 is 20.4 Å². The molecule has 0 spiro atoms. The Morgan fingerprint density at radius 3 is 2.77 bits per heavy atom. The van der Waals surface area contributed by atoms with Crippen LogP contribution in [0.25, 0.3) is 0 Å². The van der Waals surface area contributed by atoms with Crippen molar-refractivity contribution in [3.8, 4) is 0 Å². The molecule has 2 aliphatic rings. The summed E-state index contributed by atoms with van der Waals surface area (Å²) in [5.41, 5.74) is 0.163. The number of carbonyl (C=O) groups excluding carboxylic acids is 2. The number of piperazine rings is 1. The van der Waals surface area contributed by atoms with Crippen LogP contribution in [0, 0.1) is 11.7 Å². The third kappa shape index (κ3) is 3.98. The average Bonchev–Trinajstić information content (AvgIpc) is 2.65. The molecule has 6 nitrogen and oxygen atoms in total. The van der Waals surface area contributed by atoms with Gasteiger partial charge in [0.1, 0.15) is 5.82 Å². The van der Waals surface area contributed by atoms with Gasteiger partial charge in [0.05, 0.1) is 11.6 Å². The number of halogens is 1. The quantitative estimate of drug-likeness (QED) is 0.848. The zero-order chi connectivity index (χ0) is 18.7. The van der Waals surface area contributed by atoms with E-state index in [-0.39, 0.29) is 35.6 Å². The summed E-state index contributed by atoms with van der Waals surface area (Å²) in [6, 6.07) is 6.14. The smallest absolute Gasteiger partial charge is 0.321 e. The number of rotatable bonds is 2. The summed E-state index contributed by atoms with van der Waals surface area (Å²) >= 11 is 0. The molecule has 3 unspecified atom stereocenters. The van der Waals surface area contributed by atoms with Gasteiger partial charge in [0, 0.05) is 38.3 Å². The molecule has 0 saturated carbocycles. The molecule has 3 rings (SSSR count). The van der Waals surface area contributed by atoms with Gasteiger partial charge in [0.2, 0.25) is 5.91 Å². The number of amides is 3. The Bertz CT molecular complexity index is 669. The van der Waals surface area contributed by atoms with Crippen LogP contribution in [0.1, 0.15) is 26.7 Å². The number of nitrogens with zero attached hydrogens (tertiary/aromatic N) is 2. The van der Waals surface area contributed by atoms with Gasteiger partial charge >= 0.3 is 6.03 Å². The van der Waals surface area contributed by atoms with Crippen molar-refractivity contribution in [2.75, 3.05) is 31.5 Å². The highest BCUT2D eigenvalue weighted by molar-refractivity contribution is 5.90. The van der Waals surface area contributed by atoms with Gasteiger partial charge in [0.25, 0.3) is 0 Å². The summed E-state index contributed by atoms with van der Waals surface area (Å²) < 4.78 is 13.7. The maximum Gasteiger partial charge on any atom is 0.321 e. The highest BCUT2D eigenvalue weighted by Gasteiger charge is 2.35. The molecule has 26 heavy (non-hydrogen) atoms. The lowest BCUT2D eigenvalue weighted by molar-refractivity contribution is -0.140. The molecule has 0 aromatic heterocycles. The molecule has 2 fully saturated rings. The number of para-hydroxylation sites is 1. The van der Waals surface area contributed by atoms with Crippen molar-refractivity contribution >= 4 is 17.6 Å². The number of nitrogens with one attached hydrogen (secondary N) is 2. The van der Waals surface area contributed by atoms with E-state index in [2.05, 4.69) is 24.5 Å². The topological polar surface area (TPSA) is 64.7 Å². The van der Waals surface area contributed by atoms with E-state index in [4.69, 9.17) is 0 Å². The molecule has 2 aliphatic heterocycles. The van der Waals surface area contributed by atoms with Crippen molar-refractivity contribution in [3.63, 3.8) is 0 Å². The predicted molar refractivity (Wildman–Crippen MR) is 98.4 cm³/mol. The Balaban J connectivity index is 1.62. The highest BCUT2D eigenvalue weighted by atomic mass is 19.1. The van der Waals surface area contributed by atoms with Crippen molar-refractivity contribution < 1.29 is 14.0 Å². The third-order valence-electron chi connectivity index (χ3n) is 5.49. The van der Waals surface area contributed by atoms with Crippen LogP contribution in [-0.4, -0.2) is 60.0 Å². The molecule has 7 heteroatoms.